The van der Waals surface area contributed by atoms with Gasteiger partial charge < -0.3 is 5.11 Å². The van der Waals surface area contributed by atoms with Gasteiger partial charge in [-0.3, -0.25) is 0 Å². The summed E-state index contributed by atoms with van der Waals surface area (Å²) in [7, 11) is -2.71. The monoisotopic (exact) mass is 301 g/mol. The second kappa shape index (κ2) is 6.62. The summed E-state index contributed by atoms with van der Waals surface area (Å²) in [6.45, 7) is 3.73. The topological polar surface area (TPSA) is 74.7 Å². The van der Waals surface area contributed by atoms with E-state index in [1.165, 1.54) is 7.05 Å². The quantitative estimate of drug-likeness (QED) is 0.618. The lowest BCUT2D eigenvalue weighted by molar-refractivity contribution is 0.0692. The van der Waals surface area contributed by atoms with Crippen molar-refractivity contribution in [3.63, 3.8) is 0 Å². The van der Waals surface area contributed by atoms with Gasteiger partial charge in [0.05, 0.1) is 10.5 Å². The van der Waals surface area contributed by atoms with Crippen molar-refractivity contribution in [2.24, 2.45) is 0 Å². The van der Waals surface area contributed by atoms with E-state index >= 15 is 0 Å². The number of unbranched alkanes of at least 4 members (excludes halogenated alkanes) is 1. The highest BCUT2D eigenvalue weighted by Crippen LogP contribution is 2.21. The van der Waals surface area contributed by atoms with Gasteiger partial charge in [0.2, 0.25) is 10.0 Å². The van der Waals surface area contributed by atoms with Crippen molar-refractivity contribution in [3.05, 3.63) is 42.2 Å². The molecule has 0 unspecified atom stereocenters. The smallest absolute Gasteiger partial charge is 0.337 e. The van der Waals surface area contributed by atoms with Crippen molar-refractivity contribution in [2.45, 2.75) is 17.7 Å². The van der Waals surface area contributed by atoms with Crippen LogP contribution in [0.25, 0.3) is 0 Å². The Morgan fingerprint density at radius 2 is 2.15 bits per heavy atom. The summed E-state index contributed by atoms with van der Waals surface area (Å²) in [5.41, 5.74) is -0.443. The molecule has 7 heteroatoms. The number of hydrogen-bond donors (Lipinski definition) is 1. The maximum Gasteiger partial charge on any atom is 0.337 e. The van der Waals surface area contributed by atoms with Crippen LogP contribution < -0.4 is 0 Å². The van der Waals surface area contributed by atoms with Gasteiger partial charge in [-0.25, -0.2) is 21.9 Å². The number of benzene rings is 1. The molecule has 1 N–H and O–H groups in total. The number of halogens is 1. The molecule has 0 heterocycles. The maximum absolute atomic E-state index is 13.2. The van der Waals surface area contributed by atoms with Crippen LogP contribution in [0.1, 0.15) is 23.2 Å². The van der Waals surface area contributed by atoms with Crippen LogP contribution in [0.5, 0.6) is 0 Å². The van der Waals surface area contributed by atoms with Crippen LogP contribution in [0.2, 0.25) is 0 Å². The Balaban J connectivity index is 3.17. The molecule has 0 radical (unpaired) electrons. The first-order chi connectivity index (χ1) is 9.30. The number of carboxylic acid groups (broad SMARTS) is 1. The van der Waals surface area contributed by atoms with Gasteiger partial charge in [0.1, 0.15) is 5.82 Å². The van der Waals surface area contributed by atoms with E-state index in [2.05, 4.69) is 6.58 Å². The average Bonchev–Trinajstić information content (AvgIpc) is 2.38. The number of rotatable bonds is 7. The number of allylic oxidation sites excluding steroid dienone is 1. The first-order valence-corrected chi connectivity index (χ1v) is 7.34. The fourth-order valence-electron chi connectivity index (χ4n) is 1.63. The molecule has 0 aliphatic heterocycles. The number of sulfonamides is 1. The molecule has 5 nitrogen and oxygen atoms in total. The number of carboxylic acids is 1. The van der Waals surface area contributed by atoms with Crippen molar-refractivity contribution in [2.75, 3.05) is 13.6 Å². The Kier molecular flexibility index (Phi) is 5.41. The van der Waals surface area contributed by atoms with Crippen molar-refractivity contribution in [1.29, 1.82) is 0 Å². The second-order valence-corrected chi connectivity index (χ2v) is 6.22. The molecule has 110 valence electrons. The van der Waals surface area contributed by atoms with Crippen LogP contribution in [0.3, 0.4) is 0 Å². The minimum Gasteiger partial charge on any atom is -0.478 e. The van der Waals surface area contributed by atoms with E-state index in [4.69, 9.17) is 5.11 Å². The molecule has 0 bridgehead atoms. The summed E-state index contributed by atoms with van der Waals surface area (Å²) >= 11 is 0. The molecule has 1 aromatic carbocycles. The SMILES string of the molecule is C=CCCCN(C)S(=O)(=O)c1cc(F)ccc1C(=O)O. The van der Waals surface area contributed by atoms with E-state index in [1.54, 1.807) is 6.08 Å². The molecule has 0 saturated heterocycles. The minimum absolute atomic E-state index is 0.198. The zero-order chi connectivity index (χ0) is 15.3. The molecule has 0 aromatic heterocycles. The van der Waals surface area contributed by atoms with E-state index < -0.39 is 32.3 Å². The lowest BCUT2D eigenvalue weighted by atomic mass is 10.2. The third-order valence-corrected chi connectivity index (χ3v) is 4.64. The van der Waals surface area contributed by atoms with Gasteiger partial charge in [0, 0.05) is 13.6 Å². The Morgan fingerprint density at radius 3 is 2.70 bits per heavy atom. The van der Waals surface area contributed by atoms with Gasteiger partial charge in [-0.05, 0) is 31.0 Å². The van der Waals surface area contributed by atoms with Crippen molar-refractivity contribution in [1.82, 2.24) is 4.31 Å². The zero-order valence-electron chi connectivity index (χ0n) is 11.0. The maximum atomic E-state index is 13.2. The highest BCUT2D eigenvalue weighted by molar-refractivity contribution is 7.89. The summed E-state index contributed by atoms with van der Waals surface area (Å²) in [5, 5.41) is 9.00. The van der Waals surface area contributed by atoms with Crippen LogP contribution >= 0.6 is 0 Å². The molecule has 20 heavy (non-hydrogen) atoms. The van der Waals surface area contributed by atoms with Crippen molar-refractivity contribution in [3.8, 4) is 0 Å². The van der Waals surface area contributed by atoms with Gasteiger partial charge in [0.25, 0.3) is 0 Å². The lowest BCUT2D eigenvalue weighted by Gasteiger charge is -2.18. The van der Waals surface area contributed by atoms with E-state index in [9.17, 15) is 17.6 Å². The fourth-order valence-corrected chi connectivity index (χ4v) is 3.03. The summed E-state index contributed by atoms with van der Waals surface area (Å²) < 4.78 is 38.8. The normalized spacial score (nSPS) is 11.6. The predicted octanol–water partition coefficient (Wildman–Crippen LogP) is 2.11. The van der Waals surface area contributed by atoms with Gasteiger partial charge in [-0.15, -0.1) is 6.58 Å². The van der Waals surface area contributed by atoms with Gasteiger partial charge >= 0.3 is 5.97 Å². The fraction of sp³-hybridized carbons (Fsp3) is 0.308. The first kappa shape index (κ1) is 16.3. The third-order valence-electron chi connectivity index (χ3n) is 2.74. The lowest BCUT2D eigenvalue weighted by Crippen LogP contribution is -2.29. The highest BCUT2D eigenvalue weighted by Gasteiger charge is 2.26. The number of carbonyl (C=O) groups is 1. The predicted molar refractivity (Wildman–Crippen MR) is 72.6 cm³/mol. The molecule has 0 fully saturated rings. The number of aromatic carboxylic acids is 1. The third kappa shape index (κ3) is 3.64. The molecule has 0 aliphatic rings. The Hall–Kier alpha value is -1.73. The summed E-state index contributed by atoms with van der Waals surface area (Å²) in [4.78, 5) is 10.5. The Labute approximate surface area is 117 Å². The molecule has 0 atom stereocenters. The molecule has 1 rings (SSSR count). The second-order valence-electron chi connectivity index (χ2n) is 4.20. The molecule has 1 aromatic rings. The van der Waals surface area contributed by atoms with Crippen molar-refractivity contribution >= 4 is 16.0 Å². The average molecular weight is 301 g/mol. The van der Waals surface area contributed by atoms with Gasteiger partial charge in [-0.2, -0.15) is 0 Å². The molecule has 0 aliphatic carbocycles. The standard InChI is InChI=1S/C13H16FNO4S/c1-3-4-5-8-15(2)20(18,19)12-9-10(14)6-7-11(12)13(16)17/h3,6-7,9H,1,4-5,8H2,2H3,(H,16,17). The molecule has 0 saturated carbocycles. The van der Waals surface area contributed by atoms with Gasteiger partial charge in [0.15, 0.2) is 0 Å². The van der Waals surface area contributed by atoms with Gasteiger partial charge in [-0.1, -0.05) is 6.08 Å². The highest BCUT2D eigenvalue weighted by atomic mass is 32.2. The first-order valence-electron chi connectivity index (χ1n) is 5.90. The number of nitrogens with zero attached hydrogens (tertiary/aromatic N) is 1. The molecular weight excluding hydrogens is 285 g/mol. The molecule has 0 spiro atoms. The summed E-state index contributed by atoms with van der Waals surface area (Å²) in [6.07, 6.45) is 2.84. The van der Waals surface area contributed by atoms with E-state index in [1.807, 2.05) is 0 Å². The number of hydrogen-bond acceptors (Lipinski definition) is 3. The van der Waals surface area contributed by atoms with Crippen LogP contribution in [0, 0.1) is 5.82 Å². The molecular formula is C13H16FNO4S. The summed E-state index contributed by atoms with van der Waals surface area (Å²) in [5.74, 6) is -2.21. The van der Waals surface area contributed by atoms with Crippen LogP contribution in [0.15, 0.2) is 35.7 Å². The zero-order valence-corrected chi connectivity index (χ0v) is 11.9. The minimum atomic E-state index is -4.04. The van der Waals surface area contributed by atoms with Crippen LogP contribution in [-0.2, 0) is 10.0 Å². The Morgan fingerprint density at radius 1 is 1.50 bits per heavy atom. The van der Waals surface area contributed by atoms with E-state index in [0.717, 1.165) is 22.5 Å². The molecule has 0 amide bonds. The van der Waals surface area contributed by atoms with Crippen LogP contribution in [-0.4, -0.2) is 37.4 Å². The Bertz CT molecular complexity index is 613. The van der Waals surface area contributed by atoms with Crippen LogP contribution in [0.4, 0.5) is 4.39 Å². The largest absolute Gasteiger partial charge is 0.478 e. The van der Waals surface area contributed by atoms with Crippen molar-refractivity contribution < 1.29 is 22.7 Å². The summed E-state index contributed by atoms with van der Waals surface area (Å²) in [6, 6.07) is 2.59. The van der Waals surface area contributed by atoms with E-state index in [-0.39, 0.29) is 6.54 Å². The van der Waals surface area contributed by atoms with E-state index in [0.29, 0.717) is 12.8 Å².